The van der Waals surface area contributed by atoms with Gasteiger partial charge in [-0.1, -0.05) is 115 Å². The molecule has 0 atom stereocenters. The first-order valence-corrected chi connectivity index (χ1v) is 12.4. The van der Waals surface area contributed by atoms with Gasteiger partial charge in [0.2, 0.25) is 0 Å². The molecule has 7 aromatic rings. The number of benzene rings is 7. The maximum absolute atomic E-state index is 2.30. The van der Waals surface area contributed by atoms with Gasteiger partial charge in [-0.2, -0.15) is 0 Å². The third kappa shape index (κ3) is 3.74. The Morgan fingerprint density at radius 2 is 0.500 bits per heavy atom. The van der Waals surface area contributed by atoms with Gasteiger partial charge < -0.3 is 0 Å². The zero-order valence-corrected chi connectivity index (χ0v) is 19.9. The molecule has 0 heterocycles. The zero-order chi connectivity index (χ0) is 23.9. The highest BCUT2D eigenvalue weighted by Crippen LogP contribution is 2.32. The van der Waals surface area contributed by atoms with Crippen molar-refractivity contribution in [2.75, 3.05) is 0 Å². The normalized spacial score (nSPS) is 11.3. The summed E-state index contributed by atoms with van der Waals surface area (Å²) in [4.78, 5) is 0. The van der Waals surface area contributed by atoms with E-state index in [2.05, 4.69) is 146 Å². The molecule has 0 radical (unpaired) electrons. The monoisotopic (exact) mass is 456 g/mol. The molecule has 0 spiro atoms. The van der Waals surface area contributed by atoms with Crippen LogP contribution in [0.25, 0.3) is 65.7 Å². The molecule has 0 nitrogen and oxygen atoms in total. The lowest BCUT2D eigenvalue weighted by Crippen LogP contribution is -1.84. The van der Waals surface area contributed by atoms with Crippen molar-refractivity contribution in [3.8, 4) is 33.4 Å². The van der Waals surface area contributed by atoms with Gasteiger partial charge in [-0.3, -0.25) is 0 Å². The third-order valence-electron chi connectivity index (χ3n) is 7.20. The minimum atomic E-state index is 1.24. The molecule has 0 aliphatic rings. The van der Waals surface area contributed by atoms with E-state index < -0.39 is 0 Å². The van der Waals surface area contributed by atoms with Crippen molar-refractivity contribution in [3.63, 3.8) is 0 Å². The van der Waals surface area contributed by atoms with Crippen molar-refractivity contribution in [2.45, 2.75) is 0 Å². The van der Waals surface area contributed by atoms with Crippen LogP contribution in [0.2, 0.25) is 0 Å². The second-order valence-corrected chi connectivity index (χ2v) is 9.48. The molecular weight excluding hydrogens is 432 g/mol. The predicted molar refractivity (Wildman–Crippen MR) is 155 cm³/mol. The topological polar surface area (TPSA) is 0 Å². The minimum absolute atomic E-state index is 1.24. The number of hydrogen-bond donors (Lipinski definition) is 0. The third-order valence-corrected chi connectivity index (χ3v) is 7.20. The summed E-state index contributed by atoms with van der Waals surface area (Å²) in [5.41, 5.74) is 7.47. The van der Waals surface area contributed by atoms with E-state index in [0.717, 1.165) is 0 Å². The molecule has 0 heteroatoms. The Kier molecular flexibility index (Phi) is 4.89. The van der Waals surface area contributed by atoms with Crippen LogP contribution < -0.4 is 0 Å². The van der Waals surface area contributed by atoms with Gasteiger partial charge in [-0.15, -0.1) is 0 Å². The summed E-state index contributed by atoms with van der Waals surface area (Å²) in [5.74, 6) is 0. The molecule has 0 amide bonds. The van der Waals surface area contributed by atoms with Crippen molar-refractivity contribution in [3.05, 3.63) is 146 Å². The number of hydrogen-bond acceptors (Lipinski definition) is 0. The Morgan fingerprint density at radius 3 is 0.917 bits per heavy atom. The lowest BCUT2D eigenvalue weighted by atomic mass is 9.95. The van der Waals surface area contributed by atoms with Crippen molar-refractivity contribution in [2.24, 2.45) is 0 Å². The van der Waals surface area contributed by atoms with E-state index in [1.807, 2.05) is 0 Å². The van der Waals surface area contributed by atoms with Crippen molar-refractivity contribution < 1.29 is 0 Å². The largest absolute Gasteiger partial charge is 0.0616 e. The SMILES string of the molecule is c1cc(-c2ccc3ccccc3c2)cc(-c2ccc3cc(-c4ccc5ccccc5c4)ccc3c2)c1. The second-order valence-electron chi connectivity index (χ2n) is 9.48. The van der Waals surface area contributed by atoms with Crippen molar-refractivity contribution in [1.29, 1.82) is 0 Å². The first-order valence-electron chi connectivity index (χ1n) is 12.4. The lowest BCUT2D eigenvalue weighted by Gasteiger charge is -2.10. The van der Waals surface area contributed by atoms with Crippen LogP contribution >= 0.6 is 0 Å². The van der Waals surface area contributed by atoms with E-state index in [9.17, 15) is 0 Å². The average Bonchev–Trinajstić information content (AvgIpc) is 2.96. The van der Waals surface area contributed by atoms with E-state index in [1.165, 1.54) is 65.7 Å². The fourth-order valence-corrected chi connectivity index (χ4v) is 5.22. The Bertz CT molecular complexity index is 1890. The highest BCUT2D eigenvalue weighted by molar-refractivity contribution is 5.94. The van der Waals surface area contributed by atoms with Crippen LogP contribution in [0.4, 0.5) is 0 Å². The van der Waals surface area contributed by atoms with Crippen LogP contribution in [0.5, 0.6) is 0 Å². The van der Waals surface area contributed by atoms with Gasteiger partial charge in [-0.05, 0) is 96.0 Å². The molecular formula is C36H24. The molecule has 0 aliphatic carbocycles. The summed E-state index contributed by atoms with van der Waals surface area (Å²) in [6, 6.07) is 52.9. The molecule has 0 fully saturated rings. The van der Waals surface area contributed by atoms with Gasteiger partial charge >= 0.3 is 0 Å². The highest BCUT2D eigenvalue weighted by Gasteiger charge is 2.06. The molecule has 0 unspecified atom stereocenters. The molecule has 0 aromatic heterocycles. The first kappa shape index (κ1) is 20.7. The maximum atomic E-state index is 2.30. The van der Waals surface area contributed by atoms with Crippen LogP contribution in [0, 0.1) is 0 Å². The van der Waals surface area contributed by atoms with E-state index in [4.69, 9.17) is 0 Å². The summed E-state index contributed by atoms with van der Waals surface area (Å²) in [7, 11) is 0. The molecule has 168 valence electrons. The summed E-state index contributed by atoms with van der Waals surface area (Å²) < 4.78 is 0. The Morgan fingerprint density at radius 1 is 0.194 bits per heavy atom. The molecule has 0 saturated carbocycles. The van der Waals surface area contributed by atoms with Crippen LogP contribution in [0.15, 0.2) is 146 Å². The maximum Gasteiger partial charge on any atom is -0.0177 e. The molecule has 7 aromatic carbocycles. The van der Waals surface area contributed by atoms with Crippen LogP contribution in [0.1, 0.15) is 0 Å². The smallest absolute Gasteiger partial charge is 0.0177 e. The quantitative estimate of drug-likeness (QED) is 0.248. The second kappa shape index (κ2) is 8.52. The van der Waals surface area contributed by atoms with E-state index in [1.54, 1.807) is 0 Å². The van der Waals surface area contributed by atoms with Crippen LogP contribution in [-0.4, -0.2) is 0 Å². The lowest BCUT2D eigenvalue weighted by molar-refractivity contribution is 1.61. The number of rotatable bonds is 3. The molecule has 0 bridgehead atoms. The highest BCUT2D eigenvalue weighted by atomic mass is 14.1. The standard InChI is InChI=1S/C36H24/c1-3-8-27-20-31(14-12-25(27)6-1)29-10-5-11-30(22-29)32-16-17-36-24-35(19-18-34(36)23-32)33-15-13-26-7-2-4-9-28(26)21-33/h1-24H. The molecule has 36 heavy (non-hydrogen) atoms. The summed E-state index contributed by atoms with van der Waals surface area (Å²) in [6.45, 7) is 0. The summed E-state index contributed by atoms with van der Waals surface area (Å²) >= 11 is 0. The molecule has 0 saturated heterocycles. The Balaban J connectivity index is 1.24. The van der Waals surface area contributed by atoms with Crippen molar-refractivity contribution in [1.82, 2.24) is 0 Å². The number of fused-ring (bicyclic) bond motifs is 3. The first-order chi connectivity index (χ1) is 17.8. The van der Waals surface area contributed by atoms with Gasteiger partial charge in [0.05, 0.1) is 0 Å². The molecule has 0 N–H and O–H groups in total. The fraction of sp³-hybridized carbons (Fsp3) is 0. The fourth-order valence-electron chi connectivity index (χ4n) is 5.22. The molecule has 7 rings (SSSR count). The minimum Gasteiger partial charge on any atom is -0.0616 e. The van der Waals surface area contributed by atoms with E-state index in [-0.39, 0.29) is 0 Å². The van der Waals surface area contributed by atoms with E-state index >= 15 is 0 Å². The summed E-state index contributed by atoms with van der Waals surface area (Å²) in [6.07, 6.45) is 0. The van der Waals surface area contributed by atoms with Gasteiger partial charge in [-0.25, -0.2) is 0 Å². The molecule has 0 aliphatic heterocycles. The van der Waals surface area contributed by atoms with Gasteiger partial charge in [0.1, 0.15) is 0 Å². The Labute approximate surface area is 211 Å². The van der Waals surface area contributed by atoms with Gasteiger partial charge in [0, 0.05) is 0 Å². The average molecular weight is 457 g/mol. The van der Waals surface area contributed by atoms with Gasteiger partial charge in [0.25, 0.3) is 0 Å². The summed E-state index contributed by atoms with van der Waals surface area (Å²) in [5, 5.41) is 7.61. The predicted octanol–water partition coefficient (Wildman–Crippen LogP) is 10.1. The van der Waals surface area contributed by atoms with Crippen LogP contribution in [-0.2, 0) is 0 Å². The van der Waals surface area contributed by atoms with E-state index in [0.29, 0.717) is 0 Å². The Hall–Kier alpha value is -4.68. The van der Waals surface area contributed by atoms with Crippen molar-refractivity contribution >= 4 is 32.3 Å². The zero-order valence-electron chi connectivity index (χ0n) is 19.9. The van der Waals surface area contributed by atoms with Crippen LogP contribution in [0.3, 0.4) is 0 Å². The van der Waals surface area contributed by atoms with Gasteiger partial charge in [0.15, 0.2) is 0 Å².